The van der Waals surface area contributed by atoms with E-state index < -0.39 is 0 Å². The molecule has 0 fully saturated rings. The van der Waals surface area contributed by atoms with E-state index in [4.69, 9.17) is 11.6 Å². The molecule has 0 saturated heterocycles. The van der Waals surface area contributed by atoms with Crippen LogP contribution < -0.4 is 0 Å². The Kier molecular flexibility index (Phi) is 2.45. The monoisotopic (exact) mass is 208 g/mol. The Morgan fingerprint density at radius 3 is 3.00 bits per heavy atom. The van der Waals surface area contributed by atoms with E-state index in [1.54, 1.807) is 18.5 Å². The number of aromatic nitrogens is 4. The Morgan fingerprint density at radius 2 is 2.36 bits per heavy atom. The summed E-state index contributed by atoms with van der Waals surface area (Å²) in [5, 5.41) is 4.58. The molecule has 0 aromatic carbocycles. The van der Waals surface area contributed by atoms with Gasteiger partial charge in [0.15, 0.2) is 5.82 Å². The zero-order chi connectivity index (χ0) is 9.97. The van der Waals surface area contributed by atoms with Gasteiger partial charge in [0, 0.05) is 18.9 Å². The van der Waals surface area contributed by atoms with E-state index in [1.165, 1.54) is 0 Å². The second-order valence-corrected chi connectivity index (χ2v) is 3.17. The fourth-order valence-electron chi connectivity index (χ4n) is 1.13. The van der Waals surface area contributed by atoms with E-state index in [1.807, 2.05) is 17.8 Å². The summed E-state index contributed by atoms with van der Waals surface area (Å²) in [5.41, 5.74) is 0.884. The van der Waals surface area contributed by atoms with E-state index >= 15 is 0 Å². The number of hydrogen-bond acceptors (Lipinski definition) is 3. The standard InChI is InChI=1S/C9H9ClN4/c1-2-14-6-7(5-12-14)9-11-4-3-8(10)13-9/h3-6H,2H2,1H3. The molecule has 0 aliphatic rings. The van der Waals surface area contributed by atoms with Gasteiger partial charge in [0.25, 0.3) is 0 Å². The maximum Gasteiger partial charge on any atom is 0.163 e. The molecule has 4 nitrogen and oxygen atoms in total. The predicted octanol–water partition coefficient (Wildman–Crippen LogP) is 2.01. The Bertz CT molecular complexity index is 438. The van der Waals surface area contributed by atoms with Crippen LogP contribution in [-0.4, -0.2) is 19.7 Å². The fraction of sp³-hybridized carbons (Fsp3) is 0.222. The van der Waals surface area contributed by atoms with Crippen molar-refractivity contribution in [2.24, 2.45) is 0 Å². The van der Waals surface area contributed by atoms with Crippen LogP contribution in [-0.2, 0) is 6.54 Å². The molecule has 0 radical (unpaired) electrons. The van der Waals surface area contributed by atoms with Crippen molar-refractivity contribution in [1.82, 2.24) is 19.7 Å². The maximum absolute atomic E-state index is 5.76. The highest BCUT2D eigenvalue weighted by molar-refractivity contribution is 6.29. The third kappa shape index (κ3) is 1.75. The zero-order valence-corrected chi connectivity index (χ0v) is 8.44. The van der Waals surface area contributed by atoms with Crippen molar-refractivity contribution in [3.63, 3.8) is 0 Å². The van der Waals surface area contributed by atoms with E-state index in [2.05, 4.69) is 15.1 Å². The van der Waals surface area contributed by atoms with E-state index in [0.717, 1.165) is 12.1 Å². The summed E-state index contributed by atoms with van der Waals surface area (Å²) in [6.07, 6.45) is 5.26. The summed E-state index contributed by atoms with van der Waals surface area (Å²) in [4.78, 5) is 8.20. The van der Waals surface area contributed by atoms with Gasteiger partial charge in [-0.2, -0.15) is 5.10 Å². The highest BCUT2D eigenvalue weighted by Gasteiger charge is 2.03. The quantitative estimate of drug-likeness (QED) is 0.710. The van der Waals surface area contributed by atoms with E-state index in [9.17, 15) is 0 Å². The normalized spacial score (nSPS) is 10.4. The topological polar surface area (TPSA) is 43.6 Å². The van der Waals surface area contributed by atoms with Gasteiger partial charge in [-0.05, 0) is 13.0 Å². The SMILES string of the molecule is CCn1cc(-c2nccc(Cl)n2)cn1. The molecule has 2 aromatic rings. The molecule has 0 aliphatic heterocycles. The second-order valence-electron chi connectivity index (χ2n) is 2.79. The lowest BCUT2D eigenvalue weighted by molar-refractivity contribution is 0.660. The molecule has 0 saturated carbocycles. The van der Waals surface area contributed by atoms with Crippen molar-refractivity contribution in [3.05, 3.63) is 29.8 Å². The summed E-state index contributed by atoms with van der Waals surface area (Å²) in [5.74, 6) is 0.609. The van der Waals surface area contributed by atoms with Crippen LogP contribution in [0, 0.1) is 0 Å². The van der Waals surface area contributed by atoms with Crippen molar-refractivity contribution in [2.45, 2.75) is 13.5 Å². The van der Waals surface area contributed by atoms with Crippen molar-refractivity contribution in [3.8, 4) is 11.4 Å². The molecule has 0 bridgehead atoms. The molecule has 0 N–H and O–H groups in total. The van der Waals surface area contributed by atoms with Gasteiger partial charge < -0.3 is 0 Å². The molecular weight excluding hydrogens is 200 g/mol. The number of hydrogen-bond donors (Lipinski definition) is 0. The van der Waals surface area contributed by atoms with Crippen LogP contribution in [0.25, 0.3) is 11.4 Å². The van der Waals surface area contributed by atoms with Crippen LogP contribution in [0.4, 0.5) is 0 Å². The summed E-state index contributed by atoms with van der Waals surface area (Å²) in [7, 11) is 0. The Morgan fingerprint density at radius 1 is 1.50 bits per heavy atom. The van der Waals surface area contributed by atoms with Gasteiger partial charge in [0.05, 0.1) is 11.8 Å². The first-order chi connectivity index (χ1) is 6.79. The van der Waals surface area contributed by atoms with Crippen LogP contribution in [0.1, 0.15) is 6.92 Å². The minimum absolute atomic E-state index is 0.444. The van der Waals surface area contributed by atoms with Crippen LogP contribution in [0.3, 0.4) is 0 Å². The molecule has 2 aromatic heterocycles. The number of aryl methyl sites for hydroxylation is 1. The molecule has 0 amide bonds. The smallest absolute Gasteiger partial charge is 0.163 e. The minimum Gasteiger partial charge on any atom is -0.272 e. The average Bonchev–Trinajstić information content (AvgIpc) is 2.66. The largest absolute Gasteiger partial charge is 0.272 e. The third-order valence-corrected chi connectivity index (χ3v) is 2.05. The third-order valence-electron chi connectivity index (χ3n) is 1.84. The van der Waals surface area contributed by atoms with Gasteiger partial charge in [0.1, 0.15) is 5.15 Å². The van der Waals surface area contributed by atoms with Crippen molar-refractivity contribution < 1.29 is 0 Å². The van der Waals surface area contributed by atoms with Gasteiger partial charge in [-0.1, -0.05) is 11.6 Å². The summed E-state index contributed by atoms with van der Waals surface area (Å²) in [6.45, 7) is 2.86. The number of rotatable bonds is 2. The van der Waals surface area contributed by atoms with Gasteiger partial charge in [0.2, 0.25) is 0 Å². The molecule has 72 valence electrons. The molecule has 2 rings (SSSR count). The second kappa shape index (κ2) is 3.75. The first-order valence-corrected chi connectivity index (χ1v) is 4.69. The van der Waals surface area contributed by atoms with Crippen molar-refractivity contribution in [2.75, 3.05) is 0 Å². The Hall–Kier alpha value is -1.42. The van der Waals surface area contributed by atoms with Crippen LogP contribution in [0.15, 0.2) is 24.7 Å². The lowest BCUT2D eigenvalue weighted by atomic mass is 10.3. The van der Waals surface area contributed by atoms with Crippen LogP contribution in [0.2, 0.25) is 5.15 Å². The molecule has 2 heterocycles. The number of halogens is 1. The lowest BCUT2D eigenvalue weighted by Gasteiger charge is -1.94. The highest BCUT2D eigenvalue weighted by Crippen LogP contribution is 2.14. The fourth-order valence-corrected chi connectivity index (χ4v) is 1.26. The average molecular weight is 209 g/mol. The molecule has 0 unspecified atom stereocenters. The minimum atomic E-state index is 0.444. The number of nitrogens with zero attached hydrogens (tertiary/aromatic N) is 4. The van der Waals surface area contributed by atoms with E-state index in [-0.39, 0.29) is 0 Å². The summed E-state index contributed by atoms with van der Waals surface area (Å²) in [6, 6.07) is 1.65. The molecule has 5 heteroatoms. The van der Waals surface area contributed by atoms with Crippen molar-refractivity contribution >= 4 is 11.6 Å². The van der Waals surface area contributed by atoms with Gasteiger partial charge >= 0.3 is 0 Å². The zero-order valence-electron chi connectivity index (χ0n) is 7.68. The summed E-state index contributed by atoms with van der Waals surface area (Å²) < 4.78 is 1.82. The highest BCUT2D eigenvalue weighted by atomic mass is 35.5. The molecule has 0 aliphatic carbocycles. The van der Waals surface area contributed by atoms with Gasteiger partial charge in [-0.3, -0.25) is 4.68 Å². The van der Waals surface area contributed by atoms with Crippen LogP contribution in [0.5, 0.6) is 0 Å². The summed E-state index contributed by atoms with van der Waals surface area (Å²) >= 11 is 5.76. The molecule has 14 heavy (non-hydrogen) atoms. The Balaban J connectivity index is 2.39. The first kappa shape index (κ1) is 9.15. The predicted molar refractivity (Wildman–Crippen MR) is 53.9 cm³/mol. The van der Waals surface area contributed by atoms with E-state index in [0.29, 0.717) is 11.0 Å². The van der Waals surface area contributed by atoms with Gasteiger partial charge in [-0.15, -0.1) is 0 Å². The van der Waals surface area contributed by atoms with Crippen molar-refractivity contribution in [1.29, 1.82) is 0 Å². The molecular formula is C9H9ClN4. The van der Waals surface area contributed by atoms with Crippen LogP contribution >= 0.6 is 11.6 Å². The Labute approximate surface area is 86.6 Å². The van der Waals surface area contributed by atoms with Gasteiger partial charge in [-0.25, -0.2) is 9.97 Å². The molecule has 0 atom stereocenters. The molecule has 0 spiro atoms. The first-order valence-electron chi connectivity index (χ1n) is 4.31. The lowest BCUT2D eigenvalue weighted by Crippen LogP contribution is -1.92. The maximum atomic E-state index is 5.76.